The van der Waals surface area contributed by atoms with E-state index in [-0.39, 0.29) is 0 Å². The maximum absolute atomic E-state index is 10.3. The molecule has 0 bridgehead atoms. The van der Waals surface area contributed by atoms with Crippen molar-refractivity contribution in [3.05, 3.63) is 17.7 Å². The van der Waals surface area contributed by atoms with Crippen molar-refractivity contribution in [3.8, 4) is 0 Å². The number of imidazole rings is 1. The summed E-state index contributed by atoms with van der Waals surface area (Å²) in [5, 5.41) is 8.47. The summed E-state index contributed by atoms with van der Waals surface area (Å²) in [6.07, 6.45) is 7.32. The molecule has 0 aliphatic carbocycles. The SMILES string of the molecule is Cc1nc(CCCCCCC(=O)O)cn1C. The van der Waals surface area contributed by atoms with E-state index < -0.39 is 5.97 Å². The van der Waals surface area contributed by atoms with Crippen molar-refractivity contribution in [2.24, 2.45) is 7.05 Å². The van der Waals surface area contributed by atoms with E-state index in [0.717, 1.165) is 43.6 Å². The first kappa shape index (κ1) is 12.7. The van der Waals surface area contributed by atoms with Crippen molar-refractivity contribution in [3.63, 3.8) is 0 Å². The molecule has 1 N–H and O–H groups in total. The summed E-state index contributed by atoms with van der Waals surface area (Å²) in [5.74, 6) is 0.348. The van der Waals surface area contributed by atoms with E-state index in [1.807, 2.05) is 18.5 Å². The summed E-state index contributed by atoms with van der Waals surface area (Å²) in [4.78, 5) is 14.7. The van der Waals surface area contributed by atoms with Crippen molar-refractivity contribution in [2.45, 2.75) is 45.4 Å². The van der Waals surface area contributed by atoms with Crippen molar-refractivity contribution in [1.29, 1.82) is 0 Å². The number of rotatable bonds is 7. The molecule has 1 aromatic heterocycles. The molecule has 0 unspecified atom stereocenters. The maximum atomic E-state index is 10.3. The van der Waals surface area contributed by atoms with Crippen molar-refractivity contribution >= 4 is 5.97 Å². The average molecular weight is 224 g/mol. The van der Waals surface area contributed by atoms with Gasteiger partial charge in [-0.15, -0.1) is 0 Å². The highest BCUT2D eigenvalue weighted by Crippen LogP contribution is 2.08. The molecule has 4 nitrogen and oxygen atoms in total. The number of hydrogen-bond acceptors (Lipinski definition) is 2. The minimum atomic E-state index is -0.694. The lowest BCUT2D eigenvalue weighted by molar-refractivity contribution is -0.137. The van der Waals surface area contributed by atoms with Gasteiger partial charge in [0.15, 0.2) is 0 Å². The van der Waals surface area contributed by atoms with Crippen molar-refractivity contribution < 1.29 is 9.90 Å². The topological polar surface area (TPSA) is 55.1 Å². The quantitative estimate of drug-likeness (QED) is 0.723. The molecule has 90 valence electrons. The van der Waals surface area contributed by atoms with Gasteiger partial charge in [0, 0.05) is 19.7 Å². The lowest BCUT2D eigenvalue weighted by Gasteiger charge is -1.98. The fourth-order valence-corrected chi connectivity index (χ4v) is 1.69. The van der Waals surface area contributed by atoms with Crippen molar-refractivity contribution in [1.82, 2.24) is 9.55 Å². The lowest BCUT2D eigenvalue weighted by atomic mass is 10.1. The van der Waals surface area contributed by atoms with E-state index in [9.17, 15) is 4.79 Å². The van der Waals surface area contributed by atoms with Gasteiger partial charge in [-0.2, -0.15) is 0 Å². The molecule has 0 amide bonds. The highest BCUT2D eigenvalue weighted by atomic mass is 16.4. The van der Waals surface area contributed by atoms with E-state index in [2.05, 4.69) is 11.2 Å². The van der Waals surface area contributed by atoms with Gasteiger partial charge in [0.05, 0.1) is 5.69 Å². The van der Waals surface area contributed by atoms with Crippen LogP contribution in [0.4, 0.5) is 0 Å². The van der Waals surface area contributed by atoms with E-state index in [0.29, 0.717) is 6.42 Å². The van der Waals surface area contributed by atoms with E-state index in [1.165, 1.54) is 0 Å². The third-order valence-electron chi connectivity index (χ3n) is 2.73. The van der Waals surface area contributed by atoms with Crippen molar-refractivity contribution in [2.75, 3.05) is 0 Å². The molecule has 16 heavy (non-hydrogen) atoms. The zero-order valence-corrected chi connectivity index (χ0v) is 10.1. The molecule has 0 fully saturated rings. The van der Waals surface area contributed by atoms with Gasteiger partial charge in [0.2, 0.25) is 0 Å². The normalized spacial score (nSPS) is 10.6. The van der Waals surface area contributed by atoms with Gasteiger partial charge >= 0.3 is 5.97 Å². The van der Waals surface area contributed by atoms with Crippen LogP contribution in [0.1, 0.15) is 43.6 Å². The smallest absolute Gasteiger partial charge is 0.303 e. The number of aromatic nitrogens is 2. The first-order valence-electron chi connectivity index (χ1n) is 5.80. The van der Waals surface area contributed by atoms with Gasteiger partial charge in [-0.05, 0) is 26.2 Å². The van der Waals surface area contributed by atoms with Gasteiger partial charge in [-0.1, -0.05) is 12.8 Å². The molecule has 0 aromatic carbocycles. The number of unbranched alkanes of at least 4 members (excludes halogenated alkanes) is 3. The number of aryl methyl sites for hydroxylation is 3. The van der Waals surface area contributed by atoms with Crippen LogP contribution in [0.2, 0.25) is 0 Å². The molecule has 0 aliphatic rings. The fraction of sp³-hybridized carbons (Fsp3) is 0.667. The zero-order chi connectivity index (χ0) is 12.0. The Morgan fingerprint density at radius 1 is 1.38 bits per heavy atom. The molecule has 1 heterocycles. The van der Waals surface area contributed by atoms with Crippen LogP contribution in [0.3, 0.4) is 0 Å². The predicted octanol–water partition coefficient (Wildman–Crippen LogP) is 2.31. The first-order chi connectivity index (χ1) is 7.59. The number of nitrogens with zero attached hydrogens (tertiary/aromatic N) is 2. The van der Waals surface area contributed by atoms with Crippen LogP contribution in [0.5, 0.6) is 0 Å². The molecule has 0 radical (unpaired) electrons. The predicted molar refractivity (Wildman–Crippen MR) is 62.4 cm³/mol. The Balaban J connectivity index is 2.09. The summed E-state index contributed by atoms with van der Waals surface area (Å²) in [5.41, 5.74) is 1.14. The van der Waals surface area contributed by atoms with Crippen LogP contribution in [0.25, 0.3) is 0 Å². The molecule has 0 saturated carbocycles. The second kappa shape index (κ2) is 6.30. The summed E-state index contributed by atoms with van der Waals surface area (Å²) < 4.78 is 2.03. The Morgan fingerprint density at radius 2 is 2.06 bits per heavy atom. The van der Waals surface area contributed by atoms with Crippen LogP contribution in [-0.2, 0) is 18.3 Å². The largest absolute Gasteiger partial charge is 0.481 e. The molecule has 4 heteroatoms. The molecule has 0 spiro atoms. The summed E-state index contributed by atoms with van der Waals surface area (Å²) in [6.45, 7) is 2.00. The number of carbonyl (C=O) groups is 1. The maximum Gasteiger partial charge on any atom is 0.303 e. The second-order valence-corrected chi connectivity index (χ2v) is 4.20. The van der Waals surface area contributed by atoms with Crippen LogP contribution in [0, 0.1) is 6.92 Å². The van der Waals surface area contributed by atoms with E-state index in [4.69, 9.17) is 5.11 Å². The van der Waals surface area contributed by atoms with Gasteiger partial charge in [-0.3, -0.25) is 4.79 Å². The van der Waals surface area contributed by atoms with E-state index in [1.54, 1.807) is 0 Å². The molecule has 0 aliphatic heterocycles. The number of hydrogen-bond donors (Lipinski definition) is 1. The minimum Gasteiger partial charge on any atom is -0.481 e. The van der Waals surface area contributed by atoms with Crippen LogP contribution < -0.4 is 0 Å². The Morgan fingerprint density at radius 3 is 2.62 bits per heavy atom. The summed E-state index contributed by atoms with van der Waals surface area (Å²) >= 11 is 0. The molecular formula is C12H20N2O2. The zero-order valence-electron chi connectivity index (χ0n) is 10.1. The van der Waals surface area contributed by atoms with Crippen LogP contribution >= 0.6 is 0 Å². The third-order valence-corrected chi connectivity index (χ3v) is 2.73. The van der Waals surface area contributed by atoms with Gasteiger partial charge in [0.1, 0.15) is 5.82 Å². The monoisotopic (exact) mass is 224 g/mol. The second-order valence-electron chi connectivity index (χ2n) is 4.20. The Kier molecular flexibility index (Phi) is 5.02. The van der Waals surface area contributed by atoms with Gasteiger partial charge < -0.3 is 9.67 Å². The molecule has 0 saturated heterocycles. The minimum absolute atomic E-state index is 0.294. The summed E-state index contributed by atoms with van der Waals surface area (Å²) in [7, 11) is 2.00. The van der Waals surface area contributed by atoms with Crippen LogP contribution in [0.15, 0.2) is 6.20 Å². The Labute approximate surface area is 96.3 Å². The third kappa shape index (κ3) is 4.47. The highest BCUT2D eigenvalue weighted by molar-refractivity contribution is 5.66. The van der Waals surface area contributed by atoms with Gasteiger partial charge in [-0.25, -0.2) is 4.98 Å². The highest BCUT2D eigenvalue weighted by Gasteiger charge is 2.01. The first-order valence-corrected chi connectivity index (χ1v) is 5.80. The van der Waals surface area contributed by atoms with E-state index >= 15 is 0 Å². The Hall–Kier alpha value is -1.32. The lowest BCUT2D eigenvalue weighted by Crippen LogP contribution is -1.94. The molecular weight excluding hydrogens is 204 g/mol. The molecule has 1 aromatic rings. The van der Waals surface area contributed by atoms with Gasteiger partial charge in [0.25, 0.3) is 0 Å². The molecule has 1 rings (SSSR count). The average Bonchev–Trinajstić information content (AvgIpc) is 2.52. The number of carboxylic acids is 1. The van der Waals surface area contributed by atoms with Crippen LogP contribution in [-0.4, -0.2) is 20.6 Å². The summed E-state index contributed by atoms with van der Waals surface area (Å²) in [6, 6.07) is 0. The Bertz CT molecular complexity index is 325. The molecule has 0 atom stereocenters. The number of aliphatic carboxylic acids is 1. The number of carboxylic acid groups (broad SMARTS) is 1. The standard InChI is InChI=1S/C12H20N2O2/c1-10-13-11(9-14(10)2)7-5-3-4-6-8-12(15)16/h9H,3-8H2,1-2H3,(H,15,16). The fourth-order valence-electron chi connectivity index (χ4n) is 1.69.